The molecule has 0 N–H and O–H groups in total. The molecule has 0 amide bonds. The first-order chi connectivity index (χ1) is 17.5. The van der Waals surface area contributed by atoms with Crippen molar-refractivity contribution in [1.29, 1.82) is 0 Å². The zero-order valence-electron chi connectivity index (χ0n) is 22.9. The summed E-state index contributed by atoms with van der Waals surface area (Å²) in [6.07, 6.45) is -12.4. The Kier molecular flexibility index (Phi) is 15.4. The van der Waals surface area contributed by atoms with Gasteiger partial charge in [-0.05, 0) is 47.0 Å². The molecule has 5 unspecified atom stereocenters. The number of hydrogen-bond donors (Lipinski definition) is 0. The molecule has 0 fully saturated rings. The van der Waals surface area contributed by atoms with Crippen LogP contribution in [0.2, 0.25) is 0 Å². The maximum atomic E-state index is 13.9. The molecule has 0 aromatic rings. The van der Waals surface area contributed by atoms with Crippen LogP contribution in [0.25, 0.3) is 0 Å². The third kappa shape index (κ3) is 11.4. The Hall–Kier alpha value is -1.92. The van der Waals surface area contributed by atoms with E-state index in [0.717, 1.165) is 6.92 Å². The molecular weight excluding hydrogens is 522 g/mol. The van der Waals surface area contributed by atoms with Crippen molar-refractivity contribution in [3.05, 3.63) is 24.3 Å². The number of ether oxygens (including phenoxy) is 4. The van der Waals surface area contributed by atoms with E-state index in [9.17, 15) is 35.9 Å². The predicted molar refractivity (Wildman–Crippen MR) is 129 cm³/mol. The molecule has 0 saturated carbocycles. The minimum absolute atomic E-state index is 0.0730. The highest BCUT2D eigenvalue weighted by Gasteiger charge is 2.57. The molecule has 0 bridgehead atoms. The van der Waals surface area contributed by atoms with Gasteiger partial charge in [0.1, 0.15) is 5.60 Å². The smallest absolute Gasteiger partial charge is 0.432 e. The summed E-state index contributed by atoms with van der Waals surface area (Å²) in [7, 11) is 0. The highest BCUT2D eigenvalue weighted by molar-refractivity contribution is 5.93. The lowest BCUT2D eigenvalue weighted by Gasteiger charge is -2.34. The van der Waals surface area contributed by atoms with Gasteiger partial charge in [-0.3, -0.25) is 4.79 Å². The number of allylic oxidation sites excluding steroid dienone is 3. The van der Waals surface area contributed by atoms with Crippen LogP contribution in [0.3, 0.4) is 0 Å². The molecule has 0 aliphatic heterocycles. The molecule has 0 aliphatic rings. The SMILES string of the molecule is C/C=C\C=C/C(COC(C)(CC)C(=O)C(OC(=O)C(OC(CC)CC)C(F)(F)F)C(F)(F)F)C(C)OCC. The first kappa shape index (κ1) is 36.1. The number of rotatable bonds is 17. The molecule has 0 rings (SSSR count). The second kappa shape index (κ2) is 16.2. The number of carbonyl (C=O) groups is 2. The molecule has 0 aliphatic carbocycles. The lowest BCUT2D eigenvalue weighted by Crippen LogP contribution is -2.54. The molecule has 6 nitrogen and oxygen atoms in total. The van der Waals surface area contributed by atoms with E-state index in [1.807, 2.05) is 0 Å². The van der Waals surface area contributed by atoms with Gasteiger partial charge in [0.25, 0.3) is 12.2 Å². The van der Waals surface area contributed by atoms with Crippen molar-refractivity contribution in [2.24, 2.45) is 5.92 Å². The first-order valence-corrected chi connectivity index (χ1v) is 12.6. The van der Waals surface area contributed by atoms with Gasteiger partial charge < -0.3 is 18.9 Å². The zero-order valence-corrected chi connectivity index (χ0v) is 22.9. The van der Waals surface area contributed by atoms with Gasteiger partial charge in [0.2, 0.25) is 5.78 Å². The predicted octanol–water partition coefficient (Wildman–Crippen LogP) is 6.52. The monoisotopic (exact) mass is 562 g/mol. The van der Waals surface area contributed by atoms with Crippen LogP contribution >= 0.6 is 0 Å². The minimum atomic E-state index is -5.50. The summed E-state index contributed by atoms with van der Waals surface area (Å²) < 4.78 is 102. The third-order valence-corrected chi connectivity index (χ3v) is 6.00. The zero-order chi connectivity index (χ0) is 29.7. The van der Waals surface area contributed by atoms with Crippen molar-refractivity contribution < 1.29 is 54.9 Å². The van der Waals surface area contributed by atoms with E-state index in [4.69, 9.17) is 14.2 Å². The summed E-state index contributed by atoms with van der Waals surface area (Å²) in [4.78, 5) is 25.4. The molecule has 0 heterocycles. The Labute approximate surface area is 220 Å². The van der Waals surface area contributed by atoms with E-state index in [1.54, 1.807) is 45.1 Å². The van der Waals surface area contributed by atoms with Gasteiger partial charge in [-0.25, -0.2) is 4.79 Å². The summed E-state index contributed by atoms with van der Waals surface area (Å²) >= 11 is 0. The summed E-state index contributed by atoms with van der Waals surface area (Å²) in [5.41, 5.74) is -2.14. The summed E-state index contributed by atoms with van der Waals surface area (Å²) in [5.74, 6) is -4.56. The molecular formula is C26H40F6O6. The molecule has 0 saturated heterocycles. The molecule has 0 aromatic carbocycles. The van der Waals surface area contributed by atoms with Crippen LogP contribution in [0.1, 0.15) is 67.7 Å². The number of ketones is 1. The van der Waals surface area contributed by atoms with Crippen LogP contribution in [0, 0.1) is 5.92 Å². The van der Waals surface area contributed by atoms with Gasteiger partial charge in [-0.1, -0.05) is 45.1 Å². The Morgan fingerprint density at radius 2 is 1.45 bits per heavy atom. The van der Waals surface area contributed by atoms with E-state index in [1.165, 1.54) is 20.8 Å². The van der Waals surface area contributed by atoms with Crippen LogP contribution in [-0.4, -0.2) is 67.3 Å². The quantitative estimate of drug-likeness (QED) is 0.114. The van der Waals surface area contributed by atoms with Crippen molar-refractivity contribution in [3.63, 3.8) is 0 Å². The van der Waals surface area contributed by atoms with Crippen LogP contribution < -0.4 is 0 Å². The lowest BCUT2D eigenvalue weighted by atomic mass is 9.92. The Bertz CT molecular complexity index is 775. The Morgan fingerprint density at radius 3 is 1.87 bits per heavy atom. The average Bonchev–Trinajstić information content (AvgIpc) is 2.83. The first-order valence-electron chi connectivity index (χ1n) is 12.6. The molecule has 0 radical (unpaired) electrons. The summed E-state index contributed by atoms with van der Waals surface area (Å²) in [6.45, 7) is 10.8. The largest absolute Gasteiger partial charge is 0.442 e. The van der Waals surface area contributed by atoms with Crippen molar-refractivity contribution in [2.45, 2.75) is 110 Å². The number of halogens is 6. The maximum absolute atomic E-state index is 13.9. The van der Waals surface area contributed by atoms with E-state index in [2.05, 4.69) is 4.74 Å². The fourth-order valence-electron chi connectivity index (χ4n) is 3.34. The Balaban J connectivity index is 6.04. The third-order valence-electron chi connectivity index (χ3n) is 6.00. The van der Waals surface area contributed by atoms with E-state index in [0.29, 0.717) is 6.61 Å². The molecule has 12 heteroatoms. The van der Waals surface area contributed by atoms with Gasteiger partial charge >= 0.3 is 18.3 Å². The van der Waals surface area contributed by atoms with Gasteiger partial charge in [-0.15, -0.1) is 0 Å². The fraction of sp³-hybridized carbons (Fsp3) is 0.769. The highest BCUT2D eigenvalue weighted by atomic mass is 19.4. The van der Waals surface area contributed by atoms with Crippen LogP contribution in [0.15, 0.2) is 24.3 Å². The maximum Gasteiger partial charge on any atom is 0.432 e. The molecule has 38 heavy (non-hydrogen) atoms. The Morgan fingerprint density at radius 1 is 0.895 bits per heavy atom. The molecule has 222 valence electrons. The number of Topliss-reactive ketones (excluding diaryl/α,β-unsaturated/α-hetero) is 1. The van der Waals surface area contributed by atoms with Crippen molar-refractivity contribution in [1.82, 2.24) is 0 Å². The highest BCUT2D eigenvalue weighted by Crippen LogP contribution is 2.33. The number of hydrogen-bond acceptors (Lipinski definition) is 6. The van der Waals surface area contributed by atoms with Gasteiger partial charge in [0.05, 0.1) is 18.8 Å². The van der Waals surface area contributed by atoms with Crippen molar-refractivity contribution in [3.8, 4) is 0 Å². The summed E-state index contributed by atoms with van der Waals surface area (Å²) in [5, 5.41) is 0. The summed E-state index contributed by atoms with van der Waals surface area (Å²) in [6, 6.07) is 0. The number of alkyl halides is 6. The van der Waals surface area contributed by atoms with E-state index < -0.39 is 60.0 Å². The topological polar surface area (TPSA) is 71.1 Å². The molecule has 0 aromatic heterocycles. The molecule has 5 atom stereocenters. The fourth-order valence-corrected chi connectivity index (χ4v) is 3.34. The van der Waals surface area contributed by atoms with Crippen LogP contribution in [-0.2, 0) is 28.5 Å². The second-order valence-corrected chi connectivity index (χ2v) is 8.85. The molecule has 0 spiro atoms. The van der Waals surface area contributed by atoms with Crippen molar-refractivity contribution >= 4 is 11.8 Å². The standard InChI is InChI=1S/C26H40F6O6/c1-8-13-14-15-18(17(6)35-12-5)16-36-24(7,11-4)20(33)21(25(27,28)29)38-23(34)22(26(30,31)32)37-19(9-2)10-3/h8,13-15,17-19,21-22H,9-12,16H2,1-7H3/b13-8-,15-14-. The van der Waals surface area contributed by atoms with E-state index in [-0.39, 0.29) is 25.9 Å². The van der Waals surface area contributed by atoms with Crippen molar-refractivity contribution in [2.75, 3.05) is 13.2 Å². The minimum Gasteiger partial charge on any atom is -0.442 e. The second-order valence-electron chi connectivity index (χ2n) is 8.85. The van der Waals surface area contributed by atoms with E-state index >= 15 is 0 Å². The van der Waals surface area contributed by atoms with Gasteiger partial charge in [-0.2, -0.15) is 26.3 Å². The number of carbonyl (C=O) groups excluding carboxylic acids is 2. The normalized spacial score (nSPS) is 17.9. The van der Waals surface area contributed by atoms with Crippen LogP contribution in [0.5, 0.6) is 0 Å². The van der Waals surface area contributed by atoms with Gasteiger partial charge in [0.15, 0.2) is 0 Å². The lowest BCUT2D eigenvalue weighted by molar-refractivity contribution is -0.259. The van der Waals surface area contributed by atoms with Gasteiger partial charge in [0, 0.05) is 12.5 Å². The average molecular weight is 563 g/mol. The van der Waals surface area contributed by atoms with Crippen LogP contribution in [0.4, 0.5) is 26.3 Å². The number of esters is 1.